The van der Waals surface area contributed by atoms with Crippen molar-refractivity contribution in [2.24, 2.45) is 0 Å². The summed E-state index contributed by atoms with van der Waals surface area (Å²) in [5.41, 5.74) is -0.573. The van der Waals surface area contributed by atoms with Gasteiger partial charge in [-0.3, -0.25) is 9.69 Å². The van der Waals surface area contributed by atoms with Crippen LogP contribution in [0, 0.1) is 0 Å². The summed E-state index contributed by atoms with van der Waals surface area (Å²) in [7, 11) is 0. The molecule has 5 heteroatoms. The highest BCUT2D eigenvalue weighted by Gasteiger charge is 2.31. The molecule has 5 nitrogen and oxygen atoms in total. The van der Waals surface area contributed by atoms with Crippen LogP contribution in [0.5, 0.6) is 0 Å². The summed E-state index contributed by atoms with van der Waals surface area (Å²) in [5.74, 6) is 0.199. The Labute approximate surface area is 115 Å². The van der Waals surface area contributed by atoms with Gasteiger partial charge < -0.3 is 14.7 Å². The first-order valence-corrected chi connectivity index (χ1v) is 7.32. The summed E-state index contributed by atoms with van der Waals surface area (Å²) in [4.78, 5) is 16.5. The second-order valence-corrected chi connectivity index (χ2v) is 6.00. The predicted molar refractivity (Wildman–Crippen MR) is 72.9 cm³/mol. The van der Waals surface area contributed by atoms with E-state index in [9.17, 15) is 9.90 Å². The topological polar surface area (TPSA) is 53.0 Å². The molecule has 2 aliphatic heterocycles. The lowest BCUT2D eigenvalue weighted by Crippen LogP contribution is -2.51. The molecule has 2 saturated heterocycles. The number of carbonyl (C=O) groups is 1. The molecule has 19 heavy (non-hydrogen) atoms. The van der Waals surface area contributed by atoms with Crippen LogP contribution in [0.4, 0.5) is 0 Å². The van der Waals surface area contributed by atoms with Gasteiger partial charge in [-0.1, -0.05) is 0 Å². The zero-order valence-corrected chi connectivity index (χ0v) is 12.1. The average Bonchev–Trinajstić information content (AvgIpc) is 2.59. The zero-order valence-electron chi connectivity index (χ0n) is 12.1. The van der Waals surface area contributed by atoms with Crippen LogP contribution in [0.3, 0.4) is 0 Å². The number of amides is 1. The van der Waals surface area contributed by atoms with E-state index >= 15 is 0 Å². The van der Waals surface area contributed by atoms with E-state index in [1.165, 1.54) is 0 Å². The van der Waals surface area contributed by atoms with Gasteiger partial charge in [0.2, 0.25) is 5.91 Å². The van der Waals surface area contributed by atoms with Crippen LogP contribution < -0.4 is 0 Å². The largest absolute Gasteiger partial charge is 0.390 e. The van der Waals surface area contributed by atoms with Crippen molar-refractivity contribution in [1.82, 2.24) is 9.80 Å². The van der Waals surface area contributed by atoms with Gasteiger partial charge in [0.1, 0.15) is 0 Å². The Balaban J connectivity index is 1.91. The third-order valence-electron chi connectivity index (χ3n) is 4.33. The molecule has 2 aliphatic rings. The fourth-order valence-corrected chi connectivity index (χ4v) is 2.88. The monoisotopic (exact) mass is 270 g/mol. The van der Waals surface area contributed by atoms with Crippen LogP contribution in [0.2, 0.25) is 0 Å². The lowest BCUT2D eigenvalue weighted by atomic mass is 9.98. The number of hydrogen-bond donors (Lipinski definition) is 1. The van der Waals surface area contributed by atoms with Gasteiger partial charge in [-0.2, -0.15) is 0 Å². The molecule has 2 unspecified atom stereocenters. The molecule has 2 atom stereocenters. The van der Waals surface area contributed by atoms with Crippen LogP contribution >= 0.6 is 0 Å². The second-order valence-electron chi connectivity index (χ2n) is 6.00. The fraction of sp³-hybridized carbons (Fsp3) is 0.929. The number of rotatable bonds is 2. The minimum absolute atomic E-state index is 0.0907. The van der Waals surface area contributed by atoms with E-state index in [1.807, 2.05) is 18.7 Å². The van der Waals surface area contributed by atoms with E-state index in [4.69, 9.17) is 4.74 Å². The van der Waals surface area contributed by atoms with E-state index in [1.54, 1.807) is 0 Å². The van der Waals surface area contributed by atoms with Crippen LogP contribution in [0.15, 0.2) is 0 Å². The minimum Gasteiger partial charge on any atom is -0.390 e. The van der Waals surface area contributed by atoms with E-state index in [-0.39, 0.29) is 11.9 Å². The minimum atomic E-state index is -0.573. The van der Waals surface area contributed by atoms with Gasteiger partial charge in [0.25, 0.3) is 0 Å². The van der Waals surface area contributed by atoms with Crippen molar-refractivity contribution in [2.75, 3.05) is 39.4 Å². The van der Waals surface area contributed by atoms with Crippen LogP contribution in [-0.2, 0) is 9.53 Å². The van der Waals surface area contributed by atoms with E-state index in [0.29, 0.717) is 26.3 Å². The van der Waals surface area contributed by atoms with Crippen molar-refractivity contribution >= 4 is 5.91 Å². The summed E-state index contributed by atoms with van der Waals surface area (Å²) >= 11 is 0. The molecule has 2 fully saturated rings. The fourth-order valence-electron chi connectivity index (χ4n) is 2.88. The van der Waals surface area contributed by atoms with Gasteiger partial charge in [0, 0.05) is 19.6 Å². The summed E-state index contributed by atoms with van der Waals surface area (Å²) < 4.78 is 5.28. The molecule has 1 N–H and O–H groups in total. The molecule has 0 spiro atoms. The normalized spacial score (nSPS) is 31.8. The highest BCUT2D eigenvalue weighted by Crippen LogP contribution is 2.23. The molecule has 2 rings (SSSR count). The molecule has 0 aromatic rings. The first kappa shape index (κ1) is 14.8. The van der Waals surface area contributed by atoms with Gasteiger partial charge in [0.15, 0.2) is 0 Å². The van der Waals surface area contributed by atoms with E-state index in [0.717, 1.165) is 32.4 Å². The number of nitrogens with zero attached hydrogens (tertiary/aromatic N) is 2. The lowest BCUT2D eigenvalue weighted by Gasteiger charge is -2.34. The summed E-state index contributed by atoms with van der Waals surface area (Å²) in [6, 6.07) is -0.0907. The van der Waals surface area contributed by atoms with Crippen molar-refractivity contribution in [3.05, 3.63) is 0 Å². The predicted octanol–water partition coefficient (Wildman–Crippen LogP) is 0.471. The molecule has 2 heterocycles. The van der Waals surface area contributed by atoms with Gasteiger partial charge in [0.05, 0.1) is 24.9 Å². The van der Waals surface area contributed by atoms with Crippen molar-refractivity contribution in [1.29, 1.82) is 0 Å². The Morgan fingerprint density at radius 1 is 1.21 bits per heavy atom. The first-order valence-electron chi connectivity index (χ1n) is 7.32. The highest BCUT2D eigenvalue weighted by atomic mass is 16.5. The summed E-state index contributed by atoms with van der Waals surface area (Å²) in [6.45, 7) is 8.27. The van der Waals surface area contributed by atoms with Gasteiger partial charge in [-0.25, -0.2) is 0 Å². The molecular formula is C14H26N2O3. The maximum Gasteiger partial charge on any atom is 0.239 e. The highest BCUT2D eigenvalue weighted by molar-refractivity contribution is 5.81. The number of ether oxygens (including phenoxy) is 1. The van der Waals surface area contributed by atoms with Gasteiger partial charge in [-0.15, -0.1) is 0 Å². The number of carbonyl (C=O) groups excluding carboxylic acids is 1. The van der Waals surface area contributed by atoms with Gasteiger partial charge >= 0.3 is 0 Å². The number of morpholine rings is 1. The molecule has 0 saturated carbocycles. The molecular weight excluding hydrogens is 244 g/mol. The van der Waals surface area contributed by atoms with Crippen molar-refractivity contribution < 1.29 is 14.6 Å². The van der Waals surface area contributed by atoms with E-state index in [2.05, 4.69) is 4.90 Å². The second kappa shape index (κ2) is 6.20. The van der Waals surface area contributed by atoms with Crippen molar-refractivity contribution in [3.63, 3.8) is 0 Å². The summed E-state index contributed by atoms with van der Waals surface area (Å²) in [5, 5.41) is 10.1. The number of hydrogen-bond acceptors (Lipinski definition) is 4. The molecule has 0 aromatic carbocycles. The third kappa shape index (κ3) is 3.91. The quantitative estimate of drug-likeness (QED) is 0.792. The molecule has 0 aliphatic carbocycles. The molecule has 110 valence electrons. The van der Waals surface area contributed by atoms with Crippen LogP contribution in [0.1, 0.15) is 33.1 Å². The van der Waals surface area contributed by atoms with Crippen molar-refractivity contribution in [3.8, 4) is 0 Å². The molecule has 1 amide bonds. The SMILES string of the molecule is CC(C(=O)N1CCOCC1)N1CCCC(C)(O)CC1. The molecule has 0 radical (unpaired) electrons. The Hall–Kier alpha value is -0.650. The third-order valence-corrected chi connectivity index (χ3v) is 4.33. The van der Waals surface area contributed by atoms with Crippen molar-refractivity contribution in [2.45, 2.75) is 44.8 Å². The number of likely N-dealkylation sites (tertiary alicyclic amines) is 1. The Bertz CT molecular complexity index is 314. The van der Waals surface area contributed by atoms with Gasteiger partial charge in [-0.05, 0) is 39.7 Å². The maximum absolute atomic E-state index is 12.4. The lowest BCUT2D eigenvalue weighted by molar-refractivity contribution is -0.140. The van der Waals surface area contributed by atoms with E-state index < -0.39 is 5.60 Å². The maximum atomic E-state index is 12.4. The number of aliphatic hydroxyl groups is 1. The Morgan fingerprint density at radius 3 is 2.58 bits per heavy atom. The Kier molecular flexibility index (Phi) is 4.81. The molecule has 0 bridgehead atoms. The van der Waals surface area contributed by atoms with Crippen LogP contribution in [0.25, 0.3) is 0 Å². The van der Waals surface area contributed by atoms with Crippen LogP contribution in [-0.4, -0.2) is 71.8 Å². The molecule has 0 aromatic heterocycles. The average molecular weight is 270 g/mol. The first-order chi connectivity index (χ1) is 8.99. The smallest absolute Gasteiger partial charge is 0.239 e. The zero-order chi connectivity index (χ0) is 13.9. The Morgan fingerprint density at radius 2 is 1.89 bits per heavy atom. The summed E-state index contributed by atoms with van der Waals surface area (Å²) in [6.07, 6.45) is 2.52. The standard InChI is InChI=1S/C14H26N2O3/c1-12(13(17)16-8-10-19-11-9-16)15-6-3-4-14(2,18)5-7-15/h12,18H,3-11H2,1-2H3.